The maximum Gasteiger partial charge on any atom is 0.224 e. The second kappa shape index (κ2) is 6.00. The number of methoxy groups -OCH3 is 1. The quantitative estimate of drug-likeness (QED) is 0.752. The van der Waals surface area contributed by atoms with Crippen molar-refractivity contribution in [2.75, 3.05) is 18.2 Å². The van der Waals surface area contributed by atoms with E-state index in [0.29, 0.717) is 23.5 Å². The first-order chi connectivity index (χ1) is 7.67. The molecule has 0 saturated carbocycles. The van der Waals surface area contributed by atoms with Crippen molar-refractivity contribution in [3.8, 4) is 5.75 Å². The molecule has 0 heterocycles. The second-order valence-corrected chi connectivity index (χ2v) is 3.60. The molecular weight excluding hydrogens is 204 g/mol. The Kier molecular flexibility index (Phi) is 4.64. The smallest absolute Gasteiger partial charge is 0.224 e. The summed E-state index contributed by atoms with van der Waals surface area (Å²) < 4.78 is 5.03. The van der Waals surface area contributed by atoms with E-state index in [1.165, 1.54) is 0 Å². The molecule has 0 aliphatic carbocycles. The third-order valence-corrected chi connectivity index (χ3v) is 2.29. The molecule has 0 aliphatic heterocycles. The summed E-state index contributed by atoms with van der Waals surface area (Å²) in [5.74, 6) is 0.683. The monoisotopic (exact) mass is 222 g/mol. The van der Waals surface area contributed by atoms with Crippen molar-refractivity contribution in [1.29, 1.82) is 0 Å². The number of carbonyl (C=O) groups excluding carboxylic acids is 1. The van der Waals surface area contributed by atoms with Gasteiger partial charge >= 0.3 is 0 Å². The van der Waals surface area contributed by atoms with Gasteiger partial charge in [-0.2, -0.15) is 0 Å². The predicted molar refractivity (Wildman–Crippen MR) is 65.6 cm³/mol. The van der Waals surface area contributed by atoms with E-state index >= 15 is 0 Å². The Morgan fingerprint density at radius 2 is 2.25 bits per heavy atom. The number of amides is 1. The lowest BCUT2D eigenvalue weighted by atomic mass is 10.2. The second-order valence-electron chi connectivity index (χ2n) is 3.60. The zero-order valence-corrected chi connectivity index (χ0v) is 9.75. The van der Waals surface area contributed by atoms with Crippen LogP contribution in [0.4, 0.5) is 11.4 Å². The van der Waals surface area contributed by atoms with Crippen molar-refractivity contribution in [2.24, 2.45) is 0 Å². The van der Waals surface area contributed by atoms with Crippen LogP contribution in [-0.4, -0.2) is 13.0 Å². The van der Waals surface area contributed by atoms with Crippen LogP contribution in [0.5, 0.6) is 5.75 Å². The number of benzene rings is 1. The van der Waals surface area contributed by atoms with Crippen molar-refractivity contribution < 1.29 is 9.53 Å². The number of nitrogen functional groups attached to an aromatic ring is 1. The van der Waals surface area contributed by atoms with Crippen molar-refractivity contribution in [3.05, 3.63) is 18.2 Å². The molecule has 0 atom stereocenters. The summed E-state index contributed by atoms with van der Waals surface area (Å²) in [6, 6.07) is 5.21. The van der Waals surface area contributed by atoms with Gasteiger partial charge in [0.05, 0.1) is 18.5 Å². The number of hydrogen-bond donors (Lipinski definition) is 2. The Bertz CT molecular complexity index is 364. The summed E-state index contributed by atoms with van der Waals surface area (Å²) >= 11 is 0. The largest absolute Gasteiger partial charge is 0.497 e. The molecule has 0 radical (unpaired) electrons. The van der Waals surface area contributed by atoms with E-state index in [9.17, 15) is 4.79 Å². The SMILES string of the molecule is CCCCC(=O)Nc1ccc(OC)cc1N. The highest BCUT2D eigenvalue weighted by Gasteiger charge is 2.05. The van der Waals surface area contributed by atoms with E-state index in [-0.39, 0.29) is 5.91 Å². The van der Waals surface area contributed by atoms with Crippen LogP contribution in [0.15, 0.2) is 18.2 Å². The summed E-state index contributed by atoms with van der Waals surface area (Å²) in [6.07, 6.45) is 2.43. The molecule has 0 unspecified atom stereocenters. The lowest BCUT2D eigenvalue weighted by Crippen LogP contribution is -2.12. The predicted octanol–water partition coefficient (Wildman–Crippen LogP) is 2.41. The standard InChI is InChI=1S/C12H18N2O2/c1-3-4-5-12(15)14-11-7-6-9(16-2)8-10(11)13/h6-8H,3-5,13H2,1-2H3,(H,14,15). The van der Waals surface area contributed by atoms with Crippen molar-refractivity contribution in [3.63, 3.8) is 0 Å². The normalized spacial score (nSPS) is 9.88. The van der Waals surface area contributed by atoms with Gasteiger partial charge < -0.3 is 15.8 Å². The van der Waals surface area contributed by atoms with Crippen molar-refractivity contribution >= 4 is 17.3 Å². The molecule has 4 heteroatoms. The first-order valence-corrected chi connectivity index (χ1v) is 5.40. The minimum atomic E-state index is -0.00119. The number of rotatable bonds is 5. The number of hydrogen-bond acceptors (Lipinski definition) is 3. The van der Waals surface area contributed by atoms with Gasteiger partial charge in [-0.3, -0.25) is 4.79 Å². The zero-order valence-electron chi connectivity index (χ0n) is 9.75. The summed E-state index contributed by atoms with van der Waals surface area (Å²) in [5.41, 5.74) is 6.94. The molecule has 0 saturated heterocycles. The highest BCUT2D eigenvalue weighted by Crippen LogP contribution is 2.24. The topological polar surface area (TPSA) is 64.3 Å². The molecule has 1 aromatic carbocycles. The molecule has 0 aliphatic rings. The van der Waals surface area contributed by atoms with Crippen molar-refractivity contribution in [1.82, 2.24) is 0 Å². The van der Waals surface area contributed by atoms with E-state index in [1.807, 2.05) is 0 Å². The fourth-order valence-corrected chi connectivity index (χ4v) is 1.33. The Hall–Kier alpha value is -1.71. The highest BCUT2D eigenvalue weighted by molar-refractivity contribution is 5.93. The highest BCUT2D eigenvalue weighted by atomic mass is 16.5. The number of nitrogens with two attached hydrogens (primary N) is 1. The molecule has 0 bridgehead atoms. The van der Waals surface area contributed by atoms with Gasteiger partial charge in [0.25, 0.3) is 0 Å². The van der Waals surface area contributed by atoms with Gasteiger partial charge in [-0.1, -0.05) is 13.3 Å². The van der Waals surface area contributed by atoms with Crippen molar-refractivity contribution in [2.45, 2.75) is 26.2 Å². The summed E-state index contributed by atoms with van der Waals surface area (Å²) in [6.45, 7) is 2.05. The Morgan fingerprint density at radius 3 is 2.81 bits per heavy atom. The summed E-state index contributed by atoms with van der Waals surface area (Å²) in [5, 5.41) is 2.78. The van der Waals surface area contributed by atoms with E-state index in [4.69, 9.17) is 10.5 Å². The molecule has 16 heavy (non-hydrogen) atoms. The molecule has 0 aromatic heterocycles. The average Bonchev–Trinajstić information content (AvgIpc) is 2.29. The molecule has 4 nitrogen and oxygen atoms in total. The van der Waals surface area contributed by atoms with E-state index in [2.05, 4.69) is 12.2 Å². The Labute approximate surface area is 95.8 Å². The molecule has 0 fully saturated rings. The van der Waals surface area contributed by atoms with Crippen LogP contribution >= 0.6 is 0 Å². The fraction of sp³-hybridized carbons (Fsp3) is 0.417. The van der Waals surface area contributed by atoms with Crippen LogP contribution in [0.1, 0.15) is 26.2 Å². The Morgan fingerprint density at radius 1 is 1.50 bits per heavy atom. The average molecular weight is 222 g/mol. The van der Waals surface area contributed by atoms with Gasteiger partial charge in [0, 0.05) is 12.5 Å². The molecule has 1 rings (SSSR count). The van der Waals surface area contributed by atoms with Gasteiger partial charge in [-0.05, 0) is 18.6 Å². The minimum Gasteiger partial charge on any atom is -0.497 e. The van der Waals surface area contributed by atoms with E-state index < -0.39 is 0 Å². The van der Waals surface area contributed by atoms with E-state index in [1.54, 1.807) is 25.3 Å². The lowest BCUT2D eigenvalue weighted by molar-refractivity contribution is -0.116. The number of anilines is 2. The minimum absolute atomic E-state index is 0.00119. The molecule has 3 N–H and O–H groups in total. The van der Waals surface area contributed by atoms with Crippen LogP contribution in [0.25, 0.3) is 0 Å². The number of ether oxygens (including phenoxy) is 1. The number of carbonyl (C=O) groups is 1. The van der Waals surface area contributed by atoms with Gasteiger partial charge in [0.2, 0.25) is 5.91 Å². The van der Waals surface area contributed by atoms with Crippen LogP contribution in [0, 0.1) is 0 Å². The first kappa shape index (κ1) is 12.4. The molecular formula is C12H18N2O2. The fourth-order valence-electron chi connectivity index (χ4n) is 1.33. The van der Waals surface area contributed by atoms with Crippen LogP contribution in [0.3, 0.4) is 0 Å². The molecule has 1 amide bonds. The number of nitrogens with one attached hydrogen (secondary N) is 1. The molecule has 1 aromatic rings. The van der Waals surface area contributed by atoms with Gasteiger partial charge in [0.1, 0.15) is 5.75 Å². The van der Waals surface area contributed by atoms with Gasteiger partial charge in [0.15, 0.2) is 0 Å². The lowest BCUT2D eigenvalue weighted by Gasteiger charge is -2.09. The molecule has 0 spiro atoms. The Balaban J connectivity index is 2.63. The van der Waals surface area contributed by atoms with Crippen LogP contribution in [-0.2, 0) is 4.79 Å². The number of unbranched alkanes of at least 4 members (excludes halogenated alkanes) is 1. The summed E-state index contributed by atoms with van der Waals surface area (Å²) in [7, 11) is 1.58. The maximum atomic E-state index is 11.5. The van der Waals surface area contributed by atoms with Crippen LogP contribution < -0.4 is 15.8 Å². The van der Waals surface area contributed by atoms with Gasteiger partial charge in [-0.25, -0.2) is 0 Å². The summed E-state index contributed by atoms with van der Waals surface area (Å²) in [4.78, 5) is 11.5. The first-order valence-electron chi connectivity index (χ1n) is 5.40. The molecule has 88 valence electrons. The third kappa shape index (κ3) is 3.46. The van der Waals surface area contributed by atoms with Gasteiger partial charge in [-0.15, -0.1) is 0 Å². The third-order valence-electron chi connectivity index (χ3n) is 2.29. The van der Waals surface area contributed by atoms with E-state index in [0.717, 1.165) is 12.8 Å². The zero-order chi connectivity index (χ0) is 12.0. The van der Waals surface area contributed by atoms with Crippen LogP contribution in [0.2, 0.25) is 0 Å². The maximum absolute atomic E-state index is 11.5.